The van der Waals surface area contributed by atoms with Crippen molar-refractivity contribution in [2.24, 2.45) is 0 Å². The minimum Gasteiger partial charge on any atom is -0.380 e. The number of alkyl halides is 3. The molecule has 2 nitrogen and oxygen atoms in total. The molecule has 28 heavy (non-hydrogen) atoms. The van der Waals surface area contributed by atoms with Crippen LogP contribution in [0.2, 0.25) is 0 Å². The van der Waals surface area contributed by atoms with Crippen molar-refractivity contribution >= 4 is 6.08 Å². The molecule has 1 N–H and O–H groups in total. The summed E-state index contributed by atoms with van der Waals surface area (Å²) in [5, 5.41) is 10.8. The standard InChI is InChI=1S/C22H23F4NO/c1-20(2,16-7-9-17(23)10-8-16)14-21(28,22(24,25)26)13-15-11-12-27-19-6-4-3-5-18(15)19/h3,5,7-12,28H,4,6,13-14H2,1-2H3. The van der Waals surface area contributed by atoms with E-state index in [0.29, 0.717) is 23.1 Å². The summed E-state index contributed by atoms with van der Waals surface area (Å²) in [6.07, 6.45) is 0.724. The minimum atomic E-state index is -4.82. The molecule has 150 valence electrons. The van der Waals surface area contributed by atoms with Gasteiger partial charge in [-0.05, 0) is 59.6 Å². The van der Waals surface area contributed by atoms with Crippen LogP contribution in [0.4, 0.5) is 17.6 Å². The summed E-state index contributed by atoms with van der Waals surface area (Å²) in [6.45, 7) is 3.25. The number of hydrogen-bond acceptors (Lipinski definition) is 2. The first-order valence-corrected chi connectivity index (χ1v) is 9.20. The average Bonchev–Trinajstić information content (AvgIpc) is 2.61. The number of nitrogens with zero attached hydrogens (tertiary/aromatic N) is 1. The van der Waals surface area contributed by atoms with Gasteiger partial charge in [-0.15, -0.1) is 0 Å². The number of benzene rings is 1. The van der Waals surface area contributed by atoms with E-state index < -0.39 is 35.9 Å². The molecule has 0 spiro atoms. The zero-order valence-electron chi connectivity index (χ0n) is 15.9. The summed E-state index contributed by atoms with van der Waals surface area (Å²) < 4.78 is 55.2. The SMILES string of the molecule is CC(C)(CC(O)(Cc1ccnc2c1C=CCC2)C(F)(F)F)c1ccc(F)cc1. The van der Waals surface area contributed by atoms with Crippen LogP contribution < -0.4 is 0 Å². The van der Waals surface area contributed by atoms with Crippen molar-refractivity contribution in [3.63, 3.8) is 0 Å². The van der Waals surface area contributed by atoms with Gasteiger partial charge >= 0.3 is 6.18 Å². The van der Waals surface area contributed by atoms with E-state index in [1.54, 1.807) is 19.9 Å². The number of halogens is 4. The highest BCUT2D eigenvalue weighted by Gasteiger charge is 2.56. The van der Waals surface area contributed by atoms with Crippen LogP contribution in [-0.4, -0.2) is 21.9 Å². The molecule has 6 heteroatoms. The Kier molecular flexibility index (Phi) is 5.36. The molecule has 0 saturated carbocycles. The van der Waals surface area contributed by atoms with Gasteiger partial charge in [0.05, 0.1) is 0 Å². The molecule has 0 aliphatic heterocycles. The monoisotopic (exact) mass is 393 g/mol. The highest BCUT2D eigenvalue weighted by atomic mass is 19.4. The fourth-order valence-corrected chi connectivity index (χ4v) is 3.85. The molecular weight excluding hydrogens is 370 g/mol. The lowest BCUT2D eigenvalue weighted by atomic mass is 9.72. The van der Waals surface area contributed by atoms with Crippen molar-refractivity contribution in [3.8, 4) is 0 Å². The molecule has 0 saturated heterocycles. The zero-order chi connectivity index (χ0) is 20.6. The molecule has 1 unspecified atom stereocenters. The second kappa shape index (κ2) is 7.32. The van der Waals surface area contributed by atoms with Crippen LogP contribution in [-0.2, 0) is 18.3 Å². The predicted octanol–water partition coefficient (Wildman–Crippen LogP) is 5.38. The first kappa shape index (κ1) is 20.5. The third-order valence-corrected chi connectivity index (χ3v) is 5.37. The Hall–Kier alpha value is -2.21. The number of hydrogen-bond donors (Lipinski definition) is 1. The largest absolute Gasteiger partial charge is 0.417 e. The van der Waals surface area contributed by atoms with E-state index in [0.717, 1.165) is 12.1 Å². The fraction of sp³-hybridized carbons (Fsp3) is 0.409. The molecular formula is C22H23F4NO. The Morgan fingerprint density at radius 1 is 1.07 bits per heavy atom. The molecule has 2 aromatic rings. The van der Waals surface area contributed by atoms with Gasteiger partial charge in [-0.1, -0.05) is 38.1 Å². The molecule has 0 amide bonds. The van der Waals surface area contributed by atoms with Crippen LogP contribution in [0.3, 0.4) is 0 Å². The minimum absolute atomic E-state index is 0.427. The smallest absolute Gasteiger partial charge is 0.380 e. The second-order valence-electron chi connectivity index (χ2n) is 8.05. The van der Waals surface area contributed by atoms with Gasteiger partial charge in [-0.3, -0.25) is 4.98 Å². The molecule has 0 radical (unpaired) electrons. The molecule has 1 aliphatic carbocycles. The summed E-state index contributed by atoms with van der Waals surface area (Å²) in [4.78, 5) is 4.25. The van der Waals surface area contributed by atoms with Crippen molar-refractivity contribution in [1.29, 1.82) is 0 Å². The molecule has 1 aliphatic rings. The van der Waals surface area contributed by atoms with Crippen LogP contribution in [0.15, 0.2) is 42.6 Å². The van der Waals surface area contributed by atoms with E-state index in [1.165, 1.54) is 36.5 Å². The predicted molar refractivity (Wildman–Crippen MR) is 100 cm³/mol. The fourth-order valence-electron chi connectivity index (χ4n) is 3.85. The van der Waals surface area contributed by atoms with E-state index in [-0.39, 0.29) is 0 Å². The van der Waals surface area contributed by atoms with E-state index in [9.17, 15) is 22.7 Å². The van der Waals surface area contributed by atoms with E-state index >= 15 is 0 Å². The average molecular weight is 393 g/mol. The number of aryl methyl sites for hydroxylation is 1. The van der Waals surface area contributed by atoms with Crippen LogP contribution in [0.1, 0.15) is 49.1 Å². The second-order valence-corrected chi connectivity index (χ2v) is 8.05. The number of pyridine rings is 1. The van der Waals surface area contributed by atoms with E-state index in [4.69, 9.17) is 0 Å². The lowest BCUT2D eigenvalue weighted by Crippen LogP contribution is -2.51. The van der Waals surface area contributed by atoms with Gasteiger partial charge in [0.25, 0.3) is 0 Å². The van der Waals surface area contributed by atoms with Crippen molar-refractivity contribution in [3.05, 3.63) is 70.8 Å². The third kappa shape index (κ3) is 4.12. The topological polar surface area (TPSA) is 33.1 Å². The van der Waals surface area contributed by atoms with Gasteiger partial charge in [0.15, 0.2) is 5.60 Å². The van der Waals surface area contributed by atoms with Gasteiger partial charge in [-0.2, -0.15) is 13.2 Å². The first-order valence-electron chi connectivity index (χ1n) is 9.20. The van der Waals surface area contributed by atoms with Gasteiger partial charge < -0.3 is 5.11 Å². The molecule has 3 rings (SSSR count). The van der Waals surface area contributed by atoms with Crippen molar-refractivity contribution in [1.82, 2.24) is 4.98 Å². The Morgan fingerprint density at radius 3 is 2.39 bits per heavy atom. The molecule has 1 aromatic heterocycles. The van der Waals surface area contributed by atoms with E-state index in [2.05, 4.69) is 4.98 Å². The molecule has 0 bridgehead atoms. The summed E-state index contributed by atoms with van der Waals surface area (Å²) in [6, 6.07) is 6.89. The molecule has 1 aromatic carbocycles. The Balaban J connectivity index is 1.96. The normalized spacial score (nSPS) is 16.5. The van der Waals surface area contributed by atoms with Gasteiger partial charge in [0.2, 0.25) is 0 Å². The maximum atomic E-state index is 14.0. The van der Waals surface area contributed by atoms with E-state index in [1.807, 2.05) is 6.08 Å². The lowest BCUT2D eigenvalue weighted by Gasteiger charge is -2.38. The number of rotatable bonds is 5. The Labute approximate surface area is 161 Å². The van der Waals surface area contributed by atoms with Gasteiger partial charge in [0, 0.05) is 18.3 Å². The van der Waals surface area contributed by atoms with Gasteiger partial charge in [-0.25, -0.2) is 4.39 Å². The molecule has 0 fully saturated rings. The molecule has 1 atom stereocenters. The van der Waals surface area contributed by atoms with Crippen molar-refractivity contribution < 1.29 is 22.7 Å². The molecule has 1 heterocycles. The summed E-state index contributed by atoms with van der Waals surface area (Å²) in [5.74, 6) is -0.458. The Bertz CT molecular complexity index is 871. The number of fused-ring (bicyclic) bond motifs is 1. The maximum Gasteiger partial charge on any atom is 0.417 e. The summed E-state index contributed by atoms with van der Waals surface area (Å²) in [5.41, 5.74) is -1.56. The van der Waals surface area contributed by atoms with Gasteiger partial charge in [0.1, 0.15) is 5.82 Å². The zero-order valence-corrected chi connectivity index (χ0v) is 15.9. The highest BCUT2D eigenvalue weighted by Crippen LogP contribution is 2.43. The summed E-state index contributed by atoms with van der Waals surface area (Å²) >= 11 is 0. The third-order valence-electron chi connectivity index (χ3n) is 5.37. The van der Waals surface area contributed by atoms with Crippen molar-refractivity contribution in [2.45, 2.75) is 56.7 Å². The number of allylic oxidation sites excluding steroid dienone is 1. The number of aromatic nitrogens is 1. The van der Waals surface area contributed by atoms with Crippen LogP contribution >= 0.6 is 0 Å². The first-order chi connectivity index (χ1) is 13.0. The number of aliphatic hydroxyl groups is 1. The van der Waals surface area contributed by atoms with Crippen LogP contribution in [0.5, 0.6) is 0 Å². The maximum absolute atomic E-state index is 14.0. The lowest BCUT2D eigenvalue weighted by molar-refractivity contribution is -0.266. The highest BCUT2D eigenvalue weighted by molar-refractivity contribution is 5.58. The quantitative estimate of drug-likeness (QED) is 0.692. The Morgan fingerprint density at radius 2 is 1.75 bits per heavy atom. The van der Waals surface area contributed by atoms with Crippen LogP contribution in [0.25, 0.3) is 6.08 Å². The van der Waals surface area contributed by atoms with Crippen molar-refractivity contribution in [2.75, 3.05) is 0 Å². The summed E-state index contributed by atoms with van der Waals surface area (Å²) in [7, 11) is 0. The van der Waals surface area contributed by atoms with Crippen LogP contribution in [0, 0.1) is 5.82 Å².